The van der Waals surface area contributed by atoms with Gasteiger partial charge in [0.25, 0.3) is 0 Å². The van der Waals surface area contributed by atoms with Gasteiger partial charge >= 0.3 is 0 Å². The maximum Gasteiger partial charge on any atom is 0.0480 e. The van der Waals surface area contributed by atoms with Crippen molar-refractivity contribution in [2.24, 2.45) is 0 Å². The van der Waals surface area contributed by atoms with Gasteiger partial charge in [-0.3, -0.25) is 0 Å². The summed E-state index contributed by atoms with van der Waals surface area (Å²) >= 11 is 0. The summed E-state index contributed by atoms with van der Waals surface area (Å²) < 4.78 is 4.73. The Balaban J connectivity index is 1.81. The van der Waals surface area contributed by atoms with Crippen LogP contribution in [0, 0.1) is 0 Å². The molecule has 0 spiro atoms. The summed E-state index contributed by atoms with van der Waals surface area (Å²) in [7, 11) is 0. The van der Waals surface area contributed by atoms with Crippen LogP contribution in [0.5, 0.6) is 0 Å². The van der Waals surface area contributed by atoms with Gasteiger partial charge in [-0.2, -0.15) is 0 Å². The number of benzene rings is 1. The second-order valence-corrected chi connectivity index (χ2v) is 6.46. The van der Waals surface area contributed by atoms with Crippen LogP contribution in [-0.4, -0.2) is 9.13 Å². The van der Waals surface area contributed by atoms with Gasteiger partial charge in [-0.1, -0.05) is 51.0 Å². The Bertz CT molecular complexity index is 681. The summed E-state index contributed by atoms with van der Waals surface area (Å²) in [5.41, 5.74) is 5.23. The Morgan fingerprint density at radius 1 is 0.625 bits per heavy atom. The normalized spacial score (nSPS) is 11.1. The summed E-state index contributed by atoms with van der Waals surface area (Å²) in [6, 6.07) is 17.7. The third-order valence-electron chi connectivity index (χ3n) is 4.64. The summed E-state index contributed by atoms with van der Waals surface area (Å²) in [6.45, 7) is 6.68. The van der Waals surface area contributed by atoms with E-state index >= 15 is 0 Å². The number of hydrogen-bond donors (Lipinski definition) is 0. The SMILES string of the molecule is CCCCn1cccc1-c1ccc(-c2cccn2CCCC)cc1. The van der Waals surface area contributed by atoms with Gasteiger partial charge in [0.2, 0.25) is 0 Å². The average Bonchev–Trinajstić information content (AvgIpc) is 3.27. The van der Waals surface area contributed by atoms with E-state index in [-0.39, 0.29) is 0 Å². The Labute approximate surface area is 145 Å². The van der Waals surface area contributed by atoms with Gasteiger partial charge in [-0.25, -0.2) is 0 Å². The first-order chi connectivity index (χ1) is 11.8. The standard InChI is InChI=1S/C22H28N2/c1-3-5-15-23-17-7-9-21(23)19-11-13-20(14-12-19)22-10-8-18-24(22)16-6-4-2/h7-14,17-18H,3-6,15-16H2,1-2H3. The fourth-order valence-electron chi connectivity index (χ4n) is 3.21. The van der Waals surface area contributed by atoms with E-state index in [1.54, 1.807) is 0 Å². The zero-order valence-corrected chi connectivity index (χ0v) is 14.9. The second kappa shape index (κ2) is 8.05. The zero-order chi connectivity index (χ0) is 16.8. The topological polar surface area (TPSA) is 9.86 Å². The highest BCUT2D eigenvalue weighted by Gasteiger charge is 2.07. The molecule has 3 rings (SSSR count). The Hall–Kier alpha value is -2.22. The zero-order valence-electron chi connectivity index (χ0n) is 14.9. The highest BCUT2D eigenvalue weighted by molar-refractivity contribution is 5.67. The molecular formula is C22H28N2. The second-order valence-electron chi connectivity index (χ2n) is 6.46. The molecule has 2 aromatic heterocycles. The van der Waals surface area contributed by atoms with Crippen molar-refractivity contribution in [1.29, 1.82) is 0 Å². The van der Waals surface area contributed by atoms with Gasteiger partial charge in [0, 0.05) is 36.9 Å². The largest absolute Gasteiger partial charge is 0.348 e. The maximum atomic E-state index is 2.36. The van der Waals surface area contributed by atoms with Crippen LogP contribution >= 0.6 is 0 Å². The van der Waals surface area contributed by atoms with E-state index in [4.69, 9.17) is 0 Å². The molecule has 0 unspecified atom stereocenters. The van der Waals surface area contributed by atoms with Gasteiger partial charge in [0.05, 0.1) is 0 Å². The lowest BCUT2D eigenvalue weighted by Crippen LogP contribution is -1.99. The van der Waals surface area contributed by atoms with Crippen LogP contribution in [0.25, 0.3) is 22.5 Å². The van der Waals surface area contributed by atoms with Gasteiger partial charge in [0.15, 0.2) is 0 Å². The average molecular weight is 320 g/mol. The number of nitrogens with zero attached hydrogens (tertiary/aromatic N) is 2. The number of aryl methyl sites for hydroxylation is 2. The van der Waals surface area contributed by atoms with E-state index in [1.807, 2.05) is 0 Å². The van der Waals surface area contributed by atoms with Crippen LogP contribution < -0.4 is 0 Å². The highest BCUT2D eigenvalue weighted by atomic mass is 15.0. The maximum absolute atomic E-state index is 2.36. The first-order valence-electron chi connectivity index (χ1n) is 9.24. The molecule has 0 radical (unpaired) electrons. The predicted octanol–water partition coefficient (Wildman–Crippen LogP) is 6.22. The van der Waals surface area contributed by atoms with Crippen LogP contribution in [0.15, 0.2) is 60.9 Å². The summed E-state index contributed by atoms with van der Waals surface area (Å²) in [6.07, 6.45) is 9.29. The molecule has 0 bridgehead atoms. The molecule has 2 nitrogen and oxygen atoms in total. The smallest absolute Gasteiger partial charge is 0.0480 e. The molecule has 0 atom stereocenters. The lowest BCUT2D eigenvalue weighted by atomic mass is 10.1. The molecule has 0 fully saturated rings. The number of unbranched alkanes of at least 4 members (excludes halogenated alkanes) is 2. The summed E-state index contributed by atoms with van der Waals surface area (Å²) in [5, 5.41) is 0. The fourth-order valence-corrected chi connectivity index (χ4v) is 3.21. The minimum atomic E-state index is 1.10. The lowest BCUT2D eigenvalue weighted by Gasteiger charge is -2.11. The molecule has 0 aliphatic carbocycles. The number of hydrogen-bond acceptors (Lipinski definition) is 0. The van der Waals surface area contributed by atoms with Gasteiger partial charge in [0.1, 0.15) is 0 Å². The van der Waals surface area contributed by atoms with Crippen LogP contribution in [0.2, 0.25) is 0 Å². The van der Waals surface area contributed by atoms with Crippen molar-refractivity contribution in [3.8, 4) is 22.5 Å². The molecule has 1 aromatic carbocycles. The van der Waals surface area contributed by atoms with Crippen molar-refractivity contribution in [3.05, 3.63) is 60.9 Å². The molecule has 126 valence electrons. The molecule has 0 N–H and O–H groups in total. The third-order valence-corrected chi connectivity index (χ3v) is 4.64. The quantitative estimate of drug-likeness (QED) is 0.466. The predicted molar refractivity (Wildman–Crippen MR) is 103 cm³/mol. The molecule has 3 aromatic rings. The monoisotopic (exact) mass is 320 g/mol. The summed E-state index contributed by atoms with van der Waals surface area (Å²) in [4.78, 5) is 0. The van der Waals surface area contributed by atoms with Crippen molar-refractivity contribution in [3.63, 3.8) is 0 Å². The summed E-state index contributed by atoms with van der Waals surface area (Å²) in [5.74, 6) is 0. The van der Waals surface area contributed by atoms with E-state index < -0.39 is 0 Å². The van der Waals surface area contributed by atoms with E-state index in [0.717, 1.165) is 13.1 Å². The molecule has 0 saturated heterocycles. The minimum Gasteiger partial charge on any atom is -0.348 e. The Kier molecular flexibility index (Phi) is 5.58. The van der Waals surface area contributed by atoms with E-state index in [9.17, 15) is 0 Å². The van der Waals surface area contributed by atoms with Crippen molar-refractivity contribution >= 4 is 0 Å². The van der Waals surface area contributed by atoms with Crippen LogP contribution in [0.4, 0.5) is 0 Å². The van der Waals surface area contributed by atoms with Crippen molar-refractivity contribution in [2.45, 2.75) is 52.6 Å². The van der Waals surface area contributed by atoms with Crippen molar-refractivity contribution in [1.82, 2.24) is 9.13 Å². The lowest BCUT2D eigenvalue weighted by molar-refractivity contribution is 0.639. The number of rotatable bonds is 8. The molecule has 24 heavy (non-hydrogen) atoms. The van der Waals surface area contributed by atoms with Gasteiger partial charge in [-0.15, -0.1) is 0 Å². The molecule has 2 heterocycles. The molecule has 0 aliphatic heterocycles. The Morgan fingerprint density at radius 3 is 1.42 bits per heavy atom. The van der Waals surface area contributed by atoms with E-state index in [1.165, 1.54) is 48.2 Å². The van der Waals surface area contributed by atoms with E-state index in [2.05, 4.69) is 83.9 Å². The van der Waals surface area contributed by atoms with Crippen LogP contribution in [0.1, 0.15) is 39.5 Å². The molecule has 2 heteroatoms. The third kappa shape index (κ3) is 3.64. The fraction of sp³-hybridized carbons (Fsp3) is 0.364. The Morgan fingerprint density at radius 2 is 1.04 bits per heavy atom. The molecule has 0 aliphatic rings. The van der Waals surface area contributed by atoms with Crippen LogP contribution in [0.3, 0.4) is 0 Å². The molecule has 0 saturated carbocycles. The highest BCUT2D eigenvalue weighted by Crippen LogP contribution is 2.26. The molecular weight excluding hydrogens is 292 g/mol. The molecule has 0 amide bonds. The first kappa shape index (κ1) is 16.6. The first-order valence-corrected chi connectivity index (χ1v) is 9.24. The van der Waals surface area contributed by atoms with Gasteiger partial charge in [-0.05, 0) is 48.2 Å². The number of aromatic nitrogens is 2. The van der Waals surface area contributed by atoms with Crippen LogP contribution in [-0.2, 0) is 13.1 Å². The van der Waals surface area contributed by atoms with Crippen molar-refractivity contribution < 1.29 is 0 Å². The van der Waals surface area contributed by atoms with E-state index in [0.29, 0.717) is 0 Å². The van der Waals surface area contributed by atoms with Gasteiger partial charge < -0.3 is 9.13 Å². The van der Waals surface area contributed by atoms with Crippen molar-refractivity contribution in [2.75, 3.05) is 0 Å². The minimum absolute atomic E-state index is 1.10.